The first-order valence-corrected chi connectivity index (χ1v) is 6.24. The molecule has 2 bridgehead atoms. The summed E-state index contributed by atoms with van der Waals surface area (Å²) in [5.41, 5.74) is 6.83. The summed E-state index contributed by atoms with van der Waals surface area (Å²) in [6.45, 7) is 0. The Morgan fingerprint density at radius 3 is 2.36 bits per heavy atom. The molecule has 2 N–H and O–H groups in total. The van der Waals surface area contributed by atoms with Crippen molar-refractivity contribution >= 4 is 0 Å². The molecule has 0 aromatic carbocycles. The smallest absolute Gasteiger partial charge is 0.0626 e. The summed E-state index contributed by atoms with van der Waals surface area (Å²) in [6.07, 6.45) is 9.19. The Kier molecular flexibility index (Phi) is 1.37. The fourth-order valence-electron chi connectivity index (χ4n) is 4.76. The topological polar surface area (TPSA) is 35.2 Å². The number of ether oxygens (including phenoxy) is 1. The van der Waals surface area contributed by atoms with Crippen molar-refractivity contribution in [2.24, 2.45) is 23.5 Å². The molecule has 0 aromatic rings. The molecule has 5 unspecified atom stereocenters. The van der Waals surface area contributed by atoms with Crippen LogP contribution in [0.3, 0.4) is 0 Å². The quantitative estimate of drug-likeness (QED) is 0.687. The minimum absolute atomic E-state index is 0.220. The second-order valence-corrected chi connectivity index (χ2v) is 5.86. The Morgan fingerprint density at radius 2 is 1.79 bits per heavy atom. The number of fused-ring (bicyclic) bond motifs is 3. The maximum absolute atomic E-state index is 6.61. The first-order chi connectivity index (χ1) is 6.80. The van der Waals surface area contributed by atoms with Gasteiger partial charge >= 0.3 is 0 Å². The highest BCUT2D eigenvalue weighted by Gasteiger charge is 2.69. The minimum Gasteiger partial charge on any atom is -0.375 e. The zero-order valence-corrected chi connectivity index (χ0v) is 8.61. The molecule has 78 valence electrons. The number of hydrogen-bond acceptors (Lipinski definition) is 2. The number of hydrogen-bond donors (Lipinski definition) is 1. The normalized spacial score (nSPS) is 64.5. The molecular formula is C12H19NO. The first-order valence-electron chi connectivity index (χ1n) is 6.24. The monoisotopic (exact) mass is 193 g/mol. The van der Waals surface area contributed by atoms with E-state index in [9.17, 15) is 0 Å². The Morgan fingerprint density at radius 1 is 1.00 bits per heavy atom. The molecule has 0 radical (unpaired) electrons. The van der Waals surface area contributed by atoms with E-state index >= 15 is 0 Å². The third-order valence-electron chi connectivity index (χ3n) is 5.44. The van der Waals surface area contributed by atoms with E-state index in [4.69, 9.17) is 10.5 Å². The fraction of sp³-hybridized carbons (Fsp3) is 1.00. The standard InChI is InChI=1S/C12H19NO/c13-12(8-2-1-3-9(8)12)10-6-7-4-5-11(10)14-7/h7-11H,1-6,13H2. The van der Waals surface area contributed by atoms with E-state index < -0.39 is 0 Å². The van der Waals surface area contributed by atoms with Gasteiger partial charge in [0.25, 0.3) is 0 Å². The highest BCUT2D eigenvalue weighted by atomic mass is 16.5. The average Bonchev–Trinajstić information content (AvgIpc) is 2.80. The molecular weight excluding hydrogens is 174 g/mol. The van der Waals surface area contributed by atoms with Crippen LogP contribution in [0.25, 0.3) is 0 Å². The van der Waals surface area contributed by atoms with E-state index in [0.29, 0.717) is 12.2 Å². The Bertz CT molecular complexity index is 267. The lowest BCUT2D eigenvalue weighted by Gasteiger charge is -2.28. The maximum Gasteiger partial charge on any atom is 0.0626 e. The van der Waals surface area contributed by atoms with Crippen molar-refractivity contribution < 1.29 is 4.74 Å². The molecule has 2 heterocycles. The molecule has 4 rings (SSSR count). The number of rotatable bonds is 1. The van der Waals surface area contributed by atoms with Crippen LogP contribution in [0.2, 0.25) is 0 Å². The third-order valence-corrected chi connectivity index (χ3v) is 5.44. The Hall–Kier alpha value is -0.0800. The predicted octanol–water partition coefficient (Wildman–Crippen LogP) is 1.68. The predicted molar refractivity (Wildman–Crippen MR) is 53.8 cm³/mol. The summed E-state index contributed by atoms with van der Waals surface area (Å²) in [4.78, 5) is 0. The lowest BCUT2D eigenvalue weighted by Crippen LogP contribution is -2.42. The molecule has 4 aliphatic rings. The molecule has 2 aliphatic heterocycles. The summed E-state index contributed by atoms with van der Waals surface area (Å²) < 4.78 is 5.94. The van der Waals surface area contributed by atoms with E-state index in [1.165, 1.54) is 38.5 Å². The average molecular weight is 193 g/mol. The molecule has 0 aromatic heterocycles. The van der Waals surface area contributed by atoms with Gasteiger partial charge in [-0.05, 0) is 43.9 Å². The van der Waals surface area contributed by atoms with Crippen molar-refractivity contribution in [1.82, 2.24) is 0 Å². The van der Waals surface area contributed by atoms with Gasteiger partial charge in [-0.1, -0.05) is 6.42 Å². The van der Waals surface area contributed by atoms with E-state index in [2.05, 4.69) is 0 Å². The second kappa shape index (κ2) is 2.35. The second-order valence-electron chi connectivity index (χ2n) is 5.86. The molecule has 4 fully saturated rings. The van der Waals surface area contributed by atoms with Crippen molar-refractivity contribution in [3.05, 3.63) is 0 Å². The first kappa shape index (κ1) is 8.12. The van der Waals surface area contributed by atoms with Crippen LogP contribution in [0, 0.1) is 17.8 Å². The van der Waals surface area contributed by atoms with E-state index in [1.807, 2.05) is 0 Å². The summed E-state index contributed by atoms with van der Waals surface area (Å²) in [7, 11) is 0. The lowest BCUT2D eigenvalue weighted by molar-refractivity contribution is 0.0834. The van der Waals surface area contributed by atoms with Gasteiger partial charge in [0.15, 0.2) is 0 Å². The van der Waals surface area contributed by atoms with Crippen molar-refractivity contribution in [3.8, 4) is 0 Å². The zero-order valence-electron chi connectivity index (χ0n) is 8.61. The third kappa shape index (κ3) is 0.772. The molecule has 0 amide bonds. The SMILES string of the molecule is NC1(C2CC3CCC2O3)C2CCCC21. The zero-order chi connectivity index (χ0) is 9.34. The highest BCUT2D eigenvalue weighted by Crippen LogP contribution is 2.66. The van der Waals surface area contributed by atoms with Crippen LogP contribution in [0.15, 0.2) is 0 Å². The minimum atomic E-state index is 0.220. The van der Waals surface area contributed by atoms with Crippen LogP contribution in [0.5, 0.6) is 0 Å². The molecule has 0 spiro atoms. The van der Waals surface area contributed by atoms with Gasteiger partial charge in [-0.25, -0.2) is 0 Å². The summed E-state index contributed by atoms with van der Waals surface area (Å²) >= 11 is 0. The van der Waals surface area contributed by atoms with Gasteiger partial charge in [0.1, 0.15) is 0 Å². The van der Waals surface area contributed by atoms with Crippen molar-refractivity contribution in [2.45, 2.75) is 56.3 Å². The summed E-state index contributed by atoms with van der Waals surface area (Å²) in [5, 5.41) is 0. The van der Waals surface area contributed by atoms with E-state index in [0.717, 1.165) is 17.8 Å². The van der Waals surface area contributed by atoms with Gasteiger partial charge in [-0.15, -0.1) is 0 Å². The van der Waals surface area contributed by atoms with Crippen LogP contribution >= 0.6 is 0 Å². The molecule has 2 nitrogen and oxygen atoms in total. The van der Waals surface area contributed by atoms with Crippen LogP contribution in [-0.2, 0) is 4.74 Å². The molecule has 2 aliphatic carbocycles. The Labute approximate surface area is 85.2 Å². The lowest BCUT2D eigenvalue weighted by atomic mass is 9.79. The van der Waals surface area contributed by atoms with Crippen molar-refractivity contribution in [1.29, 1.82) is 0 Å². The summed E-state index contributed by atoms with van der Waals surface area (Å²) in [6, 6.07) is 0. The van der Waals surface area contributed by atoms with Crippen molar-refractivity contribution in [2.75, 3.05) is 0 Å². The highest BCUT2D eigenvalue weighted by molar-refractivity contribution is 5.23. The van der Waals surface area contributed by atoms with E-state index in [1.54, 1.807) is 0 Å². The fourth-order valence-corrected chi connectivity index (χ4v) is 4.76. The molecule has 14 heavy (non-hydrogen) atoms. The number of nitrogens with two attached hydrogens (primary N) is 1. The van der Waals surface area contributed by atoms with Gasteiger partial charge in [0.05, 0.1) is 12.2 Å². The summed E-state index contributed by atoms with van der Waals surface area (Å²) in [5.74, 6) is 2.46. The van der Waals surface area contributed by atoms with Crippen LogP contribution in [0.1, 0.15) is 38.5 Å². The van der Waals surface area contributed by atoms with E-state index in [-0.39, 0.29) is 5.54 Å². The van der Waals surface area contributed by atoms with Gasteiger partial charge in [-0.2, -0.15) is 0 Å². The van der Waals surface area contributed by atoms with Gasteiger partial charge in [0, 0.05) is 11.5 Å². The van der Waals surface area contributed by atoms with Crippen molar-refractivity contribution in [3.63, 3.8) is 0 Å². The van der Waals surface area contributed by atoms with Crippen LogP contribution in [-0.4, -0.2) is 17.7 Å². The molecule has 5 atom stereocenters. The Balaban J connectivity index is 1.60. The van der Waals surface area contributed by atoms with Crippen LogP contribution < -0.4 is 5.73 Å². The van der Waals surface area contributed by atoms with Gasteiger partial charge in [-0.3, -0.25) is 0 Å². The van der Waals surface area contributed by atoms with Gasteiger partial charge < -0.3 is 10.5 Å². The van der Waals surface area contributed by atoms with Crippen LogP contribution in [0.4, 0.5) is 0 Å². The molecule has 2 saturated heterocycles. The largest absolute Gasteiger partial charge is 0.375 e. The van der Waals surface area contributed by atoms with Gasteiger partial charge in [0.2, 0.25) is 0 Å². The molecule has 2 saturated carbocycles. The molecule has 2 heteroatoms. The maximum atomic E-state index is 6.61.